The maximum absolute atomic E-state index is 10.3. The number of carbonyl (C=O) groups excluding carboxylic acids is 1. The zero-order valence-electron chi connectivity index (χ0n) is 5.00. The van der Waals surface area contributed by atoms with Gasteiger partial charge in [0.2, 0.25) is 0 Å². The first-order chi connectivity index (χ1) is 4.09. The van der Waals surface area contributed by atoms with Crippen molar-refractivity contribution < 1.29 is 19.6 Å². The van der Waals surface area contributed by atoms with Gasteiger partial charge in [0.05, 0.1) is 12.6 Å². The summed E-state index contributed by atoms with van der Waals surface area (Å²) >= 11 is 0. The quantitative estimate of drug-likeness (QED) is 0.277. The topological polar surface area (TPSA) is 66.8 Å². The molecular formula is C4H7BO4. The molecule has 0 saturated carbocycles. The molecule has 0 aliphatic carbocycles. The molecule has 0 aromatic carbocycles. The molecule has 9 heavy (non-hydrogen) atoms. The predicted molar refractivity (Wildman–Crippen MR) is 31.3 cm³/mol. The summed E-state index contributed by atoms with van der Waals surface area (Å²) in [4.78, 5) is 10.3. The minimum absolute atomic E-state index is 0.363. The summed E-state index contributed by atoms with van der Waals surface area (Å²) in [5.74, 6) is -0.815. The smallest absolute Gasteiger partial charge is 0.466 e. The van der Waals surface area contributed by atoms with E-state index < -0.39 is 13.1 Å². The minimum atomic E-state index is -1.82. The van der Waals surface area contributed by atoms with Crippen molar-refractivity contribution in [1.29, 1.82) is 0 Å². The second-order valence-corrected chi connectivity index (χ2v) is 1.39. The van der Waals surface area contributed by atoms with Gasteiger partial charge in [-0.2, -0.15) is 0 Å². The molecule has 0 aliphatic rings. The number of ether oxygens (including phenoxy) is 1. The van der Waals surface area contributed by atoms with Crippen molar-refractivity contribution in [2.75, 3.05) is 7.11 Å². The molecule has 0 bridgehead atoms. The van der Waals surface area contributed by atoms with Crippen molar-refractivity contribution in [3.8, 4) is 0 Å². The van der Waals surface area contributed by atoms with Gasteiger partial charge in [0.1, 0.15) is 0 Å². The standard InChI is InChI=1S/C4H7BO4/c1-3(5(7)8)4(6)9-2/h7-8H,1H2,2H3. The average molecular weight is 130 g/mol. The highest BCUT2D eigenvalue weighted by atomic mass is 16.5. The Hall–Kier alpha value is -0.805. The van der Waals surface area contributed by atoms with Gasteiger partial charge in [-0.25, -0.2) is 4.79 Å². The Morgan fingerprint density at radius 2 is 2.11 bits per heavy atom. The molecule has 0 amide bonds. The second kappa shape index (κ2) is 3.27. The molecule has 50 valence electrons. The Morgan fingerprint density at radius 3 is 2.22 bits per heavy atom. The van der Waals surface area contributed by atoms with E-state index in [4.69, 9.17) is 10.0 Å². The summed E-state index contributed by atoms with van der Waals surface area (Å²) in [5, 5.41) is 16.6. The zero-order valence-corrected chi connectivity index (χ0v) is 5.00. The van der Waals surface area contributed by atoms with Crippen LogP contribution in [0, 0.1) is 0 Å². The highest BCUT2D eigenvalue weighted by molar-refractivity contribution is 6.57. The zero-order chi connectivity index (χ0) is 7.44. The number of methoxy groups -OCH3 is 1. The van der Waals surface area contributed by atoms with E-state index in [2.05, 4.69) is 11.3 Å². The van der Waals surface area contributed by atoms with Gasteiger partial charge in [0.25, 0.3) is 0 Å². The van der Waals surface area contributed by atoms with E-state index in [1.54, 1.807) is 0 Å². The fraction of sp³-hybridized carbons (Fsp3) is 0.250. The number of carbonyl (C=O) groups is 1. The lowest BCUT2D eigenvalue weighted by molar-refractivity contribution is -0.135. The fourth-order valence-electron chi connectivity index (χ4n) is 0.237. The van der Waals surface area contributed by atoms with Gasteiger partial charge in [-0.15, -0.1) is 0 Å². The SMILES string of the molecule is C=C(B(O)O)C(=O)OC. The average Bonchev–Trinajstić information content (AvgIpc) is 1.84. The molecule has 4 nitrogen and oxygen atoms in total. The van der Waals surface area contributed by atoms with E-state index in [0.29, 0.717) is 0 Å². The molecular weight excluding hydrogens is 123 g/mol. The Labute approximate surface area is 52.9 Å². The van der Waals surface area contributed by atoms with Crippen LogP contribution >= 0.6 is 0 Å². The first-order valence-corrected chi connectivity index (χ1v) is 2.23. The van der Waals surface area contributed by atoms with Crippen molar-refractivity contribution in [2.24, 2.45) is 0 Å². The predicted octanol–water partition coefficient (Wildman–Crippen LogP) is -1.27. The third-order valence-corrected chi connectivity index (χ3v) is 0.759. The molecule has 0 aromatic heterocycles. The Bertz CT molecular complexity index is 131. The third kappa shape index (κ3) is 2.30. The molecule has 0 rings (SSSR count). The summed E-state index contributed by atoms with van der Waals surface area (Å²) in [5.41, 5.74) is -0.363. The summed E-state index contributed by atoms with van der Waals surface area (Å²) in [7, 11) is -0.687. The van der Waals surface area contributed by atoms with Crippen LogP contribution in [0.5, 0.6) is 0 Å². The first kappa shape index (κ1) is 8.19. The van der Waals surface area contributed by atoms with Crippen LogP contribution in [0.25, 0.3) is 0 Å². The van der Waals surface area contributed by atoms with Crippen LogP contribution in [0.4, 0.5) is 0 Å². The molecule has 0 heterocycles. The van der Waals surface area contributed by atoms with Gasteiger partial charge < -0.3 is 14.8 Å². The molecule has 0 spiro atoms. The maximum atomic E-state index is 10.3. The van der Waals surface area contributed by atoms with E-state index in [1.165, 1.54) is 0 Å². The second-order valence-electron chi connectivity index (χ2n) is 1.39. The maximum Gasteiger partial charge on any atom is 0.495 e. The van der Waals surface area contributed by atoms with Crippen LogP contribution in [-0.4, -0.2) is 30.2 Å². The summed E-state index contributed by atoms with van der Waals surface area (Å²) in [6, 6.07) is 0. The molecule has 0 radical (unpaired) electrons. The van der Waals surface area contributed by atoms with Gasteiger partial charge in [-0.3, -0.25) is 0 Å². The molecule has 0 atom stereocenters. The summed E-state index contributed by atoms with van der Waals surface area (Å²) in [6.45, 7) is 3.05. The summed E-state index contributed by atoms with van der Waals surface area (Å²) < 4.78 is 4.11. The van der Waals surface area contributed by atoms with Gasteiger partial charge in [0, 0.05) is 0 Å². The molecule has 0 unspecified atom stereocenters. The van der Waals surface area contributed by atoms with E-state index in [1.807, 2.05) is 0 Å². The number of rotatable bonds is 2. The van der Waals surface area contributed by atoms with Crippen molar-refractivity contribution in [3.63, 3.8) is 0 Å². The van der Waals surface area contributed by atoms with E-state index in [9.17, 15) is 4.79 Å². The lowest BCUT2D eigenvalue weighted by Crippen LogP contribution is -2.22. The van der Waals surface area contributed by atoms with Crippen LogP contribution in [0.2, 0.25) is 0 Å². The van der Waals surface area contributed by atoms with Crippen molar-refractivity contribution in [1.82, 2.24) is 0 Å². The van der Waals surface area contributed by atoms with Crippen molar-refractivity contribution in [2.45, 2.75) is 0 Å². The highest BCUT2D eigenvalue weighted by Crippen LogP contribution is 1.93. The summed E-state index contributed by atoms with van der Waals surface area (Å²) in [6.07, 6.45) is 0. The van der Waals surface area contributed by atoms with E-state index in [-0.39, 0.29) is 5.47 Å². The van der Waals surface area contributed by atoms with Crippen molar-refractivity contribution in [3.05, 3.63) is 12.1 Å². The van der Waals surface area contributed by atoms with Crippen LogP contribution < -0.4 is 0 Å². The molecule has 0 saturated heterocycles. The van der Waals surface area contributed by atoms with Gasteiger partial charge >= 0.3 is 13.1 Å². The largest absolute Gasteiger partial charge is 0.495 e. The Kier molecular flexibility index (Phi) is 2.97. The van der Waals surface area contributed by atoms with Gasteiger partial charge in [-0.1, -0.05) is 6.58 Å². The third-order valence-electron chi connectivity index (χ3n) is 0.759. The highest BCUT2D eigenvalue weighted by Gasteiger charge is 2.19. The van der Waals surface area contributed by atoms with Gasteiger partial charge in [-0.05, 0) is 0 Å². The lowest BCUT2D eigenvalue weighted by Gasteiger charge is -1.98. The number of hydrogen-bond donors (Lipinski definition) is 2. The van der Waals surface area contributed by atoms with Crippen LogP contribution in [0.15, 0.2) is 12.1 Å². The molecule has 2 N–H and O–H groups in total. The lowest BCUT2D eigenvalue weighted by atomic mass is 9.81. The van der Waals surface area contributed by atoms with Crippen LogP contribution in [0.3, 0.4) is 0 Å². The molecule has 5 heteroatoms. The molecule has 0 fully saturated rings. The molecule has 0 aliphatic heterocycles. The minimum Gasteiger partial charge on any atom is -0.466 e. The van der Waals surface area contributed by atoms with Gasteiger partial charge in [0.15, 0.2) is 0 Å². The number of esters is 1. The molecule has 0 aromatic rings. The fourth-order valence-corrected chi connectivity index (χ4v) is 0.237. The first-order valence-electron chi connectivity index (χ1n) is 2.23. The number of hydrogen-bond acceptors (Lipinski definition) is 4. The Balaban J connectivity index is 3.89. The van der Waals surface area contributed by atoms with E-state index in [0.717, 1.165) is 7.11 Å². The van der Waals surface area contributed by atoms with Crippen LogP contribution in [-0.2, 0) is 9.53 Å². The van der Waals surface area contributed by atoms with Crippen LogP contribution in [0.1, 0.15) is 0 Å². The van der Waals surface area contributed by atoms with E-state index >= 15 is 0 Å². The Morgan fingerprint density at radius 1 is 1.67 bits per heavy atom. The normalized spacial score (nSPS) is 8.33. The monoisotopic (exact) mass is 130 g/mol. The van der Waals surface area contributed by atoms with Crippen molar-refractivity contribution >= 4 is 13.1 Å².